The van der Waals surface area contributed by atoms with E-state index in [1.54, 1.807) is 6.92 Å². The molecule has 0 aromatic rings. The first-order chi connectivity index (χ1) is 7.07. The lowest BCUT2D eigenvalue weighted by Crippen LogP contribution is -2.40. The molecule has 1 heterocycles. The summed E-state index contributed by atoms with van der Waals surface area (Å²) in [5, 5.41) is 8.93. The first kappa shape index (κ1) is 11.8. The quantitative estimate of drug-likeness (QED) is 0.718. The average Bonchev–Trinajstić information content (AvgIpc) is 2.65. The van der Waals surface area contributed by atoms with Gasteiger partial charge in [0.1, 0.15) is 6.04 Å². The van der Waals surface area contributed by atoms with Gasteiger partial charge in [0.15, 0.2) is 0 Å². The third-order valence-electron chi connectivity index (χ3n) is 2.65. The van der Waals surface area contributed by atoms with E-state index in [9.17, 15) is 9.59 Å². The molecule has 1 N–H and O–H groups in total. The predicted octanol–water partition coefficient (Wildman–Crippen LogP) is 1.42. The van der Waals surface area contributed by atoms with Crippen LogP contribution in [0.3, 0.4) is 0 Å². The standard InChI is InChI=1S/C11H17NO3/c1-3-5-8(2)10(13)12-7-4-6-9(12)11(14)15/h5,9H,3-4,6-7H2,1-2H3,(H,14,15)/t9-/m1/s1. The molecule has 1 saturated heterocycles. The molecule has 4 heteroatoms. The van der Waals surface area contributed by atoms with Gasteiger partial charge in [-0.1, -0.05) is 13.0 Å². The Morgan fingerprint density at radius 1 is 1.53 bits per heavy atom. The van der Waals surface area contributed by atoms with Gasteiger partial charge in [0.05, 0.1) is 0 Å². The molecule has 0 radical (unpaired) electrons. The van der Waals surface area contributed by atoms with E-state index in [0.29, 0.717) is 18.5 Å². The maximum Gasteiger partial charge on any atom is 0.326 e. The number of likely N-dealkylation sites (tertiary alicyclic amines) is 1. The molecular formula is C11H17NO3. The molecule has 4 nitrogen and oxygen atoms in total. The number of hydrogen-bond acceptors (Lipinski definition) is 2. The molecule has 0 aromatic heterocycles. The van der Waals surface area contributed by atoms with Crippen molar-refractivity contribution in [2.45, 2.75) is 39.2 Å². The van der Waals surface area contributed by atoms with Crippen molar-refractivity contribution in [2.24, 2.45) is 0 Å². The molecule has 1 aliphatic rings. The summed E-state index contributed by atoms with van der Waals surface area (Å²) in [7, 11) is 0. The number of hydrogen-bond donors (Lipinski definition) is 1. The smallest absolute Gasteiger partial charge is 0.326 e. The van der Waals surface area contributed by atoms with Gasteiger partial charge in [0.2, 0.25) is 5.91 Å². The van der Waals surface area contributed by atoms with E-state index in [1.807, 2.05) is 13.0 Å². The number of aliphatic carboxylic acids is 1. The lowest BCUT2D eigenvalue weighted by molar-refractivity contribution is -0.146. The predicted molar refractivity (Wildman–Crippen MR) is 56.4 cm³/mol. The zero-order chi connectivity index (χ0) is 11.4. The summed E-state index contributed by atoms with van der Waals surface area (Å²) < 4.78 is 0. The average molecular weight is 211 g/mol. The molecule has 1 aliphatic heterocycles. The minimum Gasteiger partial charge on any atom is -0.480 e. The Morgan fingerprint density at radius 3 is 2.73 bits per heavy atom. The highest BCUT2D eigenvalue weighted by atomic mass is 16.4. The van der Waals surface area contributed by atoms with Crippen molar-refractivity contribution in [3.05, 3.63) is 11.6 Å². The van der Waals surface area contributed by atoms with Crippen LogP contribution in [0.25, 0.3) is 0 Å². The molecule has 1 atom stereocenters. The number of nitrogens with zero attached hydrogens (tertiary/aromatic N) is 1. The fraction of sp³-hybridized carbons (Fsp3) is 0.636. The van der Waals surface area contributed by atoms with E-state index in [1.165, 1.54) is 4.90 Å². The van der Waals surface area contributed by atoms with Gasteiger partial charge in [-0.25, -0.2) is 4.79 Å². The third-order valence-corrected chi connectivity index (χ3v) is 2.65. The summed E-state index contributed by atoms with van der Waals surface area (Å²) in [5.41, 5.74) is 0.644. The SMILES string of the molecule is CCC=C(C)C(=O)N1CCC[C@@H]1C(=O)O. The van der Waals surface area contributed by atoms with Crippen LogP contribution in [0, 0.1) is 0 Å². The van der Waals surface area contributed by atoms with Crippen molar-refractivity contribution in [1.82, 2.24) is 4.90 Å². The second-order valence-corrected chi connectivity index (χ2v) is 3.79. The van der Waals surface area contributed by atoms with Gasteiger partial charge in [-0.3, -0.25) is 4.79 Å². The molecule has 1 rings (SSSR count). The van der Waals surface area contributed by atoms with Crippen LogP contribution in [0.15, 0.2) is 11.6 Å². The number of allylic oxidation sites excluding steroid dienone is 1. The molecule has 0 bridgehead atoms. The molecule has 0 aromatic carbocycles. The Labute approximate surface area is 89.6 Å². The van der Waals surface area contributed by atoms with E-state index in [-0.39, 0.29) is 5.91 Å². The Morgan fingerprint density at radius 2 is 2.20 bits per heavy atom. The van der Waals surface area contributed by atoms with Crippen molar-refractivity contribution < 1.29 is 14.7 Å². The van der Waals surface area contributed by atoms with Crippen molar-refractivity contribution >= 4 is 11.9 Å². The van der Waals surface area contributed by atoms with Gasteiger partial charge in [0, 0.05) is 12.1 Å². The fourth-order valence-corrected chi connectivity index (χ4v) is 1.89. The molecule has 0 saturated carbocycles. The molecule has 0 aliphatic carbocycles. The maximum atomic E-state index is 11.8. The van der Waals surface area contributed by atoms with Crippen LogP contribution in [0.1, 0.15) is 33.1 Å². The third kappa shape index (κ3) is 2.58. The number of carbonyl (C=O) groups is 2. The van der Waals surface area contributed by atoms with Crippen LogP contribution in [0.5, 0.6) is 0 Å². The summed E-state index contributed by atoms with van der Waals surface area (Å²) in [6, 6.07) is -0.627. The lowest BCUT2D eigenvalue weighted by Gasteiger charge is -2.21. The van der Waals surface area contributed by atoms with Crippen molar-refractivity contribution in [3.63, 3.8) is 0 Å². The Bertz CT molecular complexity index is 296. The zero-order valence-electron chi connectivity index (χ0n) is 9.19. The van der Waals surface area contributed by atoms with Gasteiger partial charge in [0.25, 0.3) is 0 Å². The molecule has 1 fully saturated rings. The van der Waals surface area contributed by atoms with Gasteiger partial charge in [-0.15, -0.1) is 0 Å². The summed E-state index contributed by atoms with van der Waals surface area (Å²) in [6.45, 7) is 4.25. The first-order valence-corrected chi connectivity index (χ1v) is 5.28. The monoisotopic (exact) mass is 211 g/mol. The number of carbonyl (C=O) groups excluding carboxylic acids is 1. The van der Waals surface area contributed by atoms with Crippen LogP contribution >= 0.6 is 0 Å². The maximum absolute atomic E-state index is 11.8. The fourth-order valence-electron chi connectivity index (χ4n) is 1.89. The highest BCUT2D eigenvalue weighted by Gasteiger charge is 2.34. The van der Waals surface area contributed by atoms with E-state index >= 15 is 0 Å². The molecular weight excluding hydrogens is 194 g/mol. The largest absolute Gasteiger partial charge is 0.480 e. The van der Waals surface area contributed by atoms with Crippen LogP contribution in [0.4, 0.5) is 0 Å². The van der Waals surface area contributed by atoms with E-state index in [4.69, 9.17) is 5.11 Å². The van der Waals surface area contributed by atoms with Crippen LogP contribution in [0.2, 0.25) is 0 Å². The molecule has 0 spiro atoms. The topological polar surface area (TPSA) is 57.6 Å². The summed E-state index contributed by atoms with van der Waals surface area (Å²) in [6.07, 6.45) is 3.98. The number of carboxylic acid groups (broad SMARTS) is 1. The molecule has 15 heavy (non-hydrogen) atoms. The Hall–Kier alpha value is -1.32. The van der Waals surface area contributed by atoms with Crippen LogP contribution in [-0.2, 0) is 9.59 Å². The Balaban J connectivity index is 2.75. The van der Waals surface area contributed by atoms with Crippen molar-refractivity contribution in [1.29, 1.82) is 0 Å². The second-order valence-electron chi connectivity index (χ2n) is 3.79. The molecule has 0 unspecified atom stereocenters. The highest BCUT2D eigenvalue weighted by molar-refractivity contribution is 5.95. The lowest BCUT2D eigenvalue weighted by atomic mass is 10.2. The van der Waals surface area contributed by atoms with Crippen molar-refractivity contribution in [2.75, 3.05) is 6.54 Å². The number of amides is 1. The molecule has 84 valence electrons. The van der Waals surface area contributed by atoms with Gasteiger partial charge < -0.3 is 10.0 Å². The normalized spacial score (nSPS) is 21.9. The van der Waals surface area contributed by atoms with Gasteiger partial charge in [-0.05, 0) is 26.2 Å². The summed E-state index contributed by atoms with van der Waals surface area (Å²) in [5.74, 6) is -1.04. The minimum absolute atomic E-state index is 0.137. The first-order valence-electron chi connectivity index (χ1n) is 5.28. The van der Waals surface area contributed by atoms with Gasteiger partial charge >= 0.3 is 5.97 Å². The highest BCUT2D eigenvalue weighted by Crippen LogP contribution is 2.19. The Kier molecular flexibility index (Phi) is 3.88. The van der Waals surface area contributed by atoms with E-state index < -0.39 is 12.0 Å². The zero-order valence-corrected chi connectivity index (χ0v) is 9.19. The van der Waals surface area contributed by atoms with Gasteiger partial charge in [-0.2, -0.15) is 0 Å². The van der Waals surface area contributed by atoms with Crippen LogP contribution in [-0.4, -0.2) is 34.5 Å². The minimum atomic E-state index is -0.898. The summed E-state index contributed by atoms with van der Waals surface area (Å²) in [4.78, 5) is 24.2. The van der Waals surface area contributed by atoms with Crippen LogP contribution < -0.4 is 0 Å². The van der Waals surface area contributed by atoms with Crippen molar-refractivity contribution in [3.8, 4) is 0 Å². The summed E-state index contributed by atoms with van der Waals surface area (Å²) >= 11 is 0. The van der Waals surface area contributed by atoms with E-state index in [0.717, 1.165) is 12.8 Å². The second kappa shape index (κ2) is 4.96. The number of rotatable bonds is 3. The van der Waals surface area contributed by atoms with E-state index in [2.05, 4.69) is 0 Å². The molecule has 1 amide bonds. The number of carboxylic acids is 1.